The van der Waals surface area contributed by atoms with Gasteiger partial charge in [0.2, 0.25) is 11.7 Å². The fraction of sp³-hybridized carbons (Fsp3) is 0.222. The van der Waals surface area contributed by atoms with Gasteiger partial charge in [-0.15, -0.1) is 10.2 Å². The molecule has 0 aliphatic rings. The van der Waals surface area contributed by atoms with Gasteiger partial charge in [-0.2, -0.15) is 4.80 Å². The second kappa shape index (κ2) is 8.17. The second-order valence-corrected chi connectivity index (χ2v) is 5.49. The highest BCUT2D eigenvalue weighted by molar-refractivity contribution is 5.92. The molecule has 1 aromatic heterocycles. The molecule has 0 atom stereocenters. The summed E-state index contributed by atoms with van der Waals surface area (Å²) in [5.74, 6) is 1.98. The van der Waals surface area contributed by atoms with Crippen LogP contribution in [0, 0.1) is 0 Å². The first kappa shape index (κ1) is 18.2. The Bertz CT molecular complexity index is 924. The summed E-state index contributed by atoms with van der Waals surface area (Å²) in [6, 6.07) is 12.4. The predicted octanol–water partition coefficient (Wildman–Crippen LogP) is 2.00. The van der Waals surface area contributed by atoms with Crippen LogP contribution in [-0.2, 0) is 11.3 Å². The van der Waals surface area contributed by atoms with Gasteiger partial charge in [0.15, 0.2) is 0 Å². The molecule has 3 rings (SSSR count). The van der Waals surface area contributed by atoms with Crippen LogP contribution in [0.3, 0.4) is 0 Å². The molecule has 9 heteroatoms. The SMILES string of the molecule is COc1ccc(-c2nnn(CC(=O)Nc3ccc(OC)cc3OC)n2)cc1. The minimum Gasteiger partial charge on any atom is -0.497 e. The Hall–Kier alpha value is -3.62. The van der Waals surface area contributed by atoms with E-state index in [9.17, 15) is 4.79 Å². The summed E-state index contributed by atoms with van der Waals surface area (Å²) in [4.78, 5) is 13.5. The zero-order valence-electron chi connectivity index (χ0n) is 15.2. The zero-order valence-corrected chi connectivity index (χ0v) is 15.2. The van der Waals surface area contributed by atoms with Gasteiger partial charge >= 0.3 is 0 Å². The molecule has 9 nitrogen and oxygen atoms in total. The number of rotatable bonds is 7. The van der Waals surface area contributed by atoms with E-state index >= 15 is 0 Å². The highest BCUT2D eigenvalue weighted by atomic mass is 16.5. The average Bonchev–Trinajstić information content (AvgIpc) is 3.16. The lowest BCUT2D eigenvalue weighted by Gasteiger charge is -2.11. The summed E-state index contributed by atoms with van der Waals surface area (Å²) in [6.45, 7) is -0.0850. The first-order valence-electron chi connectivity index (χ1n) is 8.07. The number of hydrogen-bond donors (Lipinski definition) is 1. The van der Waals surface area contributed by atoms with Crippen molar-refractivity contribution >= 4 is 11.6 Å². The number of aromatic nitrogens is 4. The van der Waals surface area contributed by atoms with E-state index < -0.39 is 0 Å². The Morgan fingerprint density at radius 2 is 1.70 bits per heavy atom. The predicted molar refractivity (Wildman–Crippen MR) is 98.0 cm³/mol. The first-order valence-corrected chi connectivity index (χ1v) is 8.07. The maximum absolute atomic E-state index is 12.3. The molecule has 0 bridgehead atoms. The first-order chi connectivity index (χ1) is 13.1. The van der Waals surface area contributed by atoms with E-state index in [1.54, 1.807) is 44.6 Å². The third kappa shape index (κ3) is 4.32. The molecule has 140 valence electrons. The van der Waals surface area contributed by atoms with Gasteiger partial charge in [0.25, 0.3) is 0 Å². The van der Waals surface area contributed by atoms with Crippen LogP contribution in [0.1, 0.15) is 0 Å². The number of methoxy groups -OCH3 is 3. The number of carbonyl (C=O) groups excluding carboxylic acids is 1. The Labute approximate surface area is 155 Å². The van der Waals surface area contributed by atoms with E-state index in [4.69, 9.17) is 14.2 Å². The molecule has 3 aromatic rings. The maximum atomic E-state index is 12.3. The van der Waals surface area contributed by atoms with E-state index in [2.05, 4.69) is 20.7 Å². The summed E-state index contributed by atoms with van der Waals surface area (Å²) in [5.41, 5.74) is 1.30. The van der Waals surface area contributed by atoms with Gasteiger partial charge in [-0.05, 0) is 41.6 Å². The van der Waals surface area contributed by atoms with E-state index in [-0.39, 0.29) is 12.5 Å². The number of hydrogen-bond acceptors (Lipinski definition) is 7. The van der Waals surface area contributed by atoms with E-state index in [1.807, 2.05) is 12.1 Å². The van der Waals surface area contributed by atoms with Crippen LogP contribution in [0.2, 0.25) is 0 Å². The molecule has 1 heterocycles. The average molecular weight is 369 g/mol. The fourth-order valence-electron chi connectivity index (χ4n) is 2.39. The van der Waals surface area contributed by atoms with E-state index in [1.165, 1.54) is 11.9 Å². The van der Waals surface area contributed by atoms with E-state index in [0.717, 1.165) is 11.3 Å². The maximum Gasteiger partial charge on any atom is 0.248 e. The third-order valence-electron chi connectivity index (χ3n) is 3.77. The van der Waals surface area contributed by atoms with Crippen molar-refractivity contribution in [3.05, 3.63) is 42.5 Å². The molecular formula is C18H19N5O4. The van der Waals surface area contributed by atoms with Crippen LogP contribution in [0.5, 0.6) is 17.2 Å². The number of carbonyl (C=O) groups is 1. The number of amides is 1. The molecular weight excluding hydrogens is 350 g/mol. The number of benzene rings is 2. The Morgan fingerprint density at radius 3 is 2.37 bits per heavy atom. The van der Waals surface area contributed by atoms with Gasteiger partial charge in [-0.25, -0.2) is 0 Å². The number of nitrogens with one attached hydrogen (secondary N) is 1. The molecule has 0 radical (unpaired) electrons. The number of nitrogens with zero attached hydrogens (tertiary/aromatic N) is 4. The summed E-state index contributed by atoms with van der Waals surface area (Å²) in [5, 5.41) is 14.9. The number of ether oxygens (including phenoxy) is 3. The molecule has 0 spiro atoms. The number of tetrazole rings is 1. The summed E-state index contributed by atoms with van der Waals surface area (Å²) < 4.78 is 15.5. The van der Waals surface area contributed by atoms with Crippen LogP contribution in [0.15, 0.2) is 42.5 Å². The largest absolute Gasteiger partial charge is 0.497 e. The molecule has 0 saturated carbocycles. The van der Waals surface area contributed by atoms with Crippen LogP contribution in [-0.4, -0.2) is 47.4 Å². The highest BCUT2D eigenvalue weighted by Crippen LogP contribution is 2.29. The summed E-state index contributed by atoms with van der Waals surface area (Å²) in [7, 11) is 4.67. The molecule has 0 aliphatic heterocycles. The molecule has 0 fully saturated rings. The Balaban J connectivity index is 1.67. The Kier molecular flexibility index (Phi) is 5.50. The molecule has 0 aliphatic carbocycles. The quantitative estimate of drug-likeness (QED) is 0.680. The number of anilines is 1. The molecule has 27 heavy (non-hydrogen) atoms. The van der Waals surface area contributed by atoms with Gasteiger partial charge in [-0.1, -0.05) is 0 Å². The smallest absolute Gasteiger partial charge is 0.248 e. The monoisotopic (exact) mass is 369 g/mol. The standard InChI is InChI=1S/C18H19N5O4/c1-25-13-6-4-12(5-7-13)18-20-22-23(21-18)11-17(24)19-15-9-8-14(26-2)10-16(15)27-3/h4-10H,11H2,1-3H3,(H,19,24). The lowest BCUT2D eigenvalue weighted by molar-refractivity contribution is -0.117. The van der Waals surface area contributed by atoms with Gasteiger partial charge < -0.3 is 19.5 Å². The molecule has 0 saturated heterocycles. The fourth-order valence-corrected chi connectivity index (χ4v) is 2.39. The summed E-state index contributed by atoms with van der Waals surface area (Å²) in [6.07, 6.45) is 0. The van der Waals surface area contributed by atoms with Crippen molar-refractivity contribution in [2.75, 3.05) is 26.6 Å². The highest BCUT2D eigenvalue weighted by Gasteiger charge is 2.12. The van der Waals surface area contributed by atoms with Crippen molar-refractivity contribution in [1.29, 1.82) is 0 Å². The topological polar surface area (TPSA) is 100 Å². The van der Waals surface area contributed by atoms with Crippen molar-refractivity contribution in [2.45, 2.75) is 6.54 Å². The second-order valence-electron chi connectivity index (χ2n) is 5.49. The lowest BCUT2D eigenvalue weighted by Crippen LogP contribution is -2.20. The van der Waals surface area contributed by atoms with Crippen LogP contribution in [0.4, 0.5) is 5.69 Å². The molecule has 1 amide bonds. The van der Waals surface area contributed by atoms with Gasteiger partial charge in [0.05, 0.1) is 27.0 Å². The molecule has 1 N–H and O–H groups in total. The summed E-state index contributed by atoms with van der Waals surface area (Å²) >= 11 is 0. The van der Waals surface area contributed by atoms with Crippen molar-refractivity contribution in [3.63, 3.8) is 0 Å². The lowest BCUT2D eigenvalue weighted by atomic mass is 10.2. The van der Waals surface area contributed by atoms with Crippen molar-refractivity contribution in [1.82, 2.24) is 20.2 Å². The van der Waals surface area contributed by atoms with Crippen LogP contribution < -0.4 is 19.5 Å². The van der Waals surface area contributed by atoms with Crippen molar-refractivity contribution in [3.8, 4) is 28.6 Å². The Morgan fingerprint density at radius 1 is 1.00 bits per heavy atom. The zero-order chi connectivity index (χ0) is 19.2. The minimum atomic E-state index is -0.308. The van der Waals surface area contributed by atoms with Gasteiger partial charge in [0.1, 0.15) is 23.8 Å². The third-order valence-corrected chi connectivity index (χ3v) is 3.77. The van der Waals surface area contributed by atoms with Crippen LogP contribution in [0.25, 0.3) is 11.4 Å². The van der Waals surface area contributed by atoms with Gasteiger partial charge in [0, 0.05) is 11.6 Å². The normalized spacial score (nSPS) is 10.3. The molecule has 2 aromatic carbocycles. The van der Waals surface area contributed by atoms with Crippen molar-refractivity contribution in [2.24, 2.45) is 0 Å². The molecule has 0 unspecified atom stereocenters. The van der Waals surface area contributed by atoms with Crippen LogP contribution >= 0.6 is 0 Å². The van der Waals surface area contributed by atoms with Crippen molar-refractivity contribution < 1.29 is 19.0 Å². The van der Waals surface area contributed by atoms with Gasteiger partial charge in [-0.3, -0.25) is 4.79 Å². The van der Waals surface area contributed by atoms with E-state index in [0.29, 0.717) is 23.0 Å². The minimum absolute atomic E-state index is 0.0850.